The van der Waals surface area contributed by atoms with Gasteiger partial charge in [-0.2, -0.15) is 0 Å². The first-order chi connectivity index (χ1) is 9.73. The van der Waals surface area contributed by atoms with Gasteiger partial charge in [0.1, 0.15) is 5.75 Å². The van der Waals surface area contributed by atoms with E-state index in [1.165, 1.54) is 0 Å². The lowest BCUT2D eigenvalue weighted by molar-refractivity contribution is 0.185. The topological polar surface area (TPSA) is 40.6 Å². The highest BCUT2D eigenvalue weighted by Crippen LogP contribution is 2.36. The normalized spacial score (nSPS) is 10.8. The zero-order valence-corrected chi connectivity index (χ0v) is 12.5. The van der Waals surface area contributed by atoms with Crippen molar-refractivity contribution in [3.05, 3.63) is 24.4 Å². The monoisotopic (exact) mass is 275 g/mol. The molecule has 1 aromatic heterocycles. The van der Waals surface area contributed by atoms with Gasteiger partial charge in [-0.25, -0.2) is 0 Å². The van der Waals surface area contributed by atoms with E-state index >= 15 is 0 Å². The molecular formula is C16H21NO3. The van der Waals surface area contributed by atoms with Crippen molar-refractivity contribution in [2.45, 2.75) is 32.8 Å². The number of ether oxygens (including phenoxy) is 3. The third-order valence-corrected chi connectivity index (χ3v) is 3.41. The molecule has 0 atom stereocenters. The van der Waals surface area contributed by atoms with Crippen LogP contribution >= 0.6 is 0 Å². The highest BCUT2D eigenvalue weighted by Gasteiger charge is 2.14. The summed E-state index contributed by atoms with van der Waals surface area (Å²) in [6.45, 7) is 4.23. The number of aromatic nitrogens is 1. The molecule has 0 N–H and O–H groups in total. The van der Waals surface area contributed by atoms with Crippen LogP contribution in [0.25, 0.3) is 10.9 Å². The molecule has 0 amide bonds. The lowest BCUT2D eigenvalue weighted by Crippen LogP contribution is -2.14. The van der Waals surface area contributed by atoms with Crippen LogP contribution in [0.2, 0.25) is 0 Å². The van der Waals surface area contributed by atoms with Gasteiger partial charge in [0.05, 0.1) is 25.8 Å². The van der Waals surface area contributed by atoms with Crippen molar-refractivity contribution >= 4 is 10.9 Å². The summed E-state index contributed by atoms with van der Waals surface area (Å²) in [6, 6.07) is 5.66. The molecule has 0 aliphatic carbocycles. The second kappa shape index (κ2) is 6.46. The summed E-state index contributed by atoms with van der Waals surface area (Å²) >= 11 is 0. The molecule has 0 fully saturated rings. The minimum atomic E-state index is 0.187. The van der Waals surface area contributed by atoms with E-state index in [2.05, 4.69) is 18.8 Å². The molecule has 0 saturated heterocycles. The maximum atomic E-state index is 6.01. The number of pyridine rings is 1. The van der Waals surface area contributed by atoms with E-state index in [-0.39, 0.29) is 6.10 Å². The van der Waals surface area contributed by atoms with Crippen LogP contribution in [0.3, 0.4) is 0 Å². The Hall–Kier alpha value is -1.97. The predicted molar refractivity (Wildman–Crippen MR) is 79.8 cm³/mol. The molecule has 20 heavy (non-hydrogen) atoms. The second-order valence-electron chi connectivity index (χ2n) is 4.59. The lowest BCUT2D eigenvalue weighted by Gasteiger charge is -2.18. The van der Waals surface area contributed by atoms with Crippen molar-refractivity contribution in [1.29, 1.82) is 0 Å². The molecular weight excluding hydrogens is 254 g/mol. The standard InChI is InChI=1S/C16H21NO3/c1-5-11(6-2)20-16-10-13-12(9-15(16)19-4)14(18-3)7-8-17-13/h7-11H,5-6H2,1-4H3. The van der Waals surface area contributed by atoms with E-state index in [0.717, 1.165) is 35.2 Å². The van der Waals surface area contributed by atoms with Crippen LogP contribution < -0.4 is 14.2 Å². The molecule has 0 spiro atoms. The Morgan fingerprint density at radius 3 is 2.30 bits per heavy atom. The number of benzene rings is 1. The van der Waals surface area contributed by atoms with Crippen molar-refractivity contribution in [2.24, 2.45) is 0 Å². The zero-order chi connectivity index (χ0) is 14.5. The summed E-state index contributed by atoms with van der Waals surface area (Å²) in [5, 5.41) is 0.920. The van der Waals surface area contributed by atoms with E-state index in [1.54, 1.807) is 20.4 Å². The largest absolute Gasteiger partial charge is 0.496 e. The fraction of sp³-hybridized carbons (Fsp3) is 0.438. The quantitative estimate of drug-likeness (QED) is 0.803. The Bertz CT molecular complexity index is 579. The lowest BCUT2D eigenvalue weighted by atomic mass is 10.1. The van der Waals surface area contributed by atoms with Crippen molar-refractivity contribution in [2.75, 3.05) is 14.2 Å². The van der Waals surface area contributed by atoms with Gasteiger partial charge in [0.2, 0.25) is 0 Å². The van der Waals surface area contributed by atoms with Gasteiger partial charge in [-0.3, -0.25) is 4.98 Å². The molecule has 2 aromatic rings. The number of methoxy groups -OCH3 is 2. The van der Waals surface area contributed by atoms with Gasteiger partial charge in [0.25, 0.3) is 0 Å². The van der Waals surface area contributed by atoms with Crippen molar-refractivity contribution < 1.29 is 14.2 Å². The second-order valence-corrected chi connectivity index (χ2v) is 4.59. The summed E-state index contributed by atoms with van der Waals surface area (Å²) in [5.74, 6) is 2.22. The van der Waals surface area contributed by atoms with Gasteiger partial charge >= 0.3 is 0 Å². The van der Waals surface area contributed by atoms with Crippen molar-refractivity contribution in [1.82, 2.24) is 4.98 Å². The van der Waals surface area contributed by atoms with Gasteiger partial charge in [-0.15, -0.1) is 0 Å². The van der Waals surface area contributed by atoms with E-state index in [9.17, 15) is 0 Å². The van der Waals surface area contributed by atoms with Gasteiger partial charge in [-0.1, -0.05) is 13.8 Å². The van der Waals surface area contributed by atoms with Crippen LogP contribution in [0.1, 0.15) is 26.7 Å². The number of fused-ring (bicyclic) bond motifs is 1. The Balaban J connectivity index is 2.49. The molecule has 108 valence electrons. The SMILES string of the molecule is CCC(CC)Oc1cc2nccc(OC)c2cc1OC. The van der Waals surface area contributed by atoms with Crippen LogP contribution in [-0.2, 0) is 0 Å². The first-order valence-electron chi connectivity index (χ1n) is 6.90. The Labute approximate surface area is 119 Å². The smallest absolute Gasteiger partial charge is 0.163 e. The van der Waals surface area contributed by atoms with Crippen LogP contribution in [0, 0.1) is 0 Å². The molecule has 1 aromatic carbocycles. The van der Waals surface area contributed by atoms with Gasteiger partial charge in [0.15, 0.2) is 11.5 Å². The Morgan fingerprint density at radius 2 is 1.70 bits per heavy atom. The minimum absolute atomic E-state index is 0.187. The highest BCUT2D eigenvalue weighted by molar-refractivity contribution is 5.88. The average Bonchev–Trinajstić information content (AvgIpc) is 2.50. The summed E-state index contributed by atoms with van der Waals surface area (Å²) in [6.07, 6.45) is 3.84. The van der Waals surface area contributed by atoms with Gasteiger partial charge in [-0.05, 0) is 25.0 Å². The molecule has 0 saturated carbocycles. The Kier molecular flexibility index (Phi) is 4.66. The molecule has 2 rings (SSSR count). The van der Waals surface area contributed by atoms with Crippen LogP contribution in [0.5, 0.6) is 17.2 Å². The first-order valence-corrected chi connectivity index (χ1v) is 6.90. The van der Waals surface area contributed by atoms with Gasteiger partial charge < -0.3 is 14.2 Å². The molecule has 4 heteroatoms. The molecule has 4 nitrogen and oxygen atoms in total. The maximum absolute atomic E-state index is 6.01. The maximum Gasteiger partial charge on any atom is 0.163 e. The third kappa shape index (κ3) is 2.79. The van der Waals surface area contributed by atoms with Crippen LogP contribution in [0.4, 0.5) is 0 Å². The number of nitrogens with zero attached hydrogens (tertiary/aromatic N) is 1. The molecule has 0 radical (unpaired) electrons. The van der Waals surface area contributed by atoms with E-state index < -0.39 is 0 Å². The Morgan fingerprint density at radius 1 is 1.00 bits per heavy atom. The number of rotatable bonds is 6. The molecule has 0 bridgehead atoms. The predicted octanol–water partition coefficient (Wildman–Crippen LogP) is 3.82. The van der Waals surface area contributed by atoms with Crippen LogP contribution in [-0.4, -0.2) is 25.3 Å². The molecule has 1 heterocycles. The fourth-order valence-electron chi connectivity index (χ4n) is 2.19. The summed E-state index contributed by atoms with van der Waals surface area (Å²) in [7, 11) is 3.29. The van der Waals surface area contributed by atoms with Gasteiger partial charge in [0, 0.05) is 17.6 Å². The fourth-order valence-corrected chi connectivity index (χ4v) is 2.19. The van der Waals surface area contributed by atoms with Crippen LogP contribution in [0.15, 0.2) is 24.4 Å². The zero-order valence-electron chi connectivity index (χ0n) is 12.5. The van der Waals surface area contributed by atoms with E-state index in [4.69, 9.17) is 14.2 Å². The average molecular weight is 275 g/mol. The van der Waals surface area contributed by atoms with E-state index in [0.29, 0.717) is 5.75 Å². The van der Waals surface area contributed by atoms with E-state index in [1.807, 2.05) is 18.2 Å². The summed E-state index contributed by atoms with van der Waals surface area (Å²) in [5.41, 5.74) is 0.839. The molecule has 0 aliphatic heterocycles. The summed E-state index contributed by atoms with van der Waals surface area (Å²) < 4.78 is 16.8. The first kappa shape index (κ1) is 14.4. The van der Waals surface area contributed by atoms with Crippen molar-refractivity contribution in [3.8, 4) is 17.2 Å². The van der Waals surface area contributed by atoms with Crippen molar-refractivity contribution in [3.63, 3.8) is 0 Å². The number of hydrogen-bond acceptors (Lipinski definition) is 4. The molecule has 0 aliphatic rings. The number of hydrogen-bond donors (Lipinski definition) is 0. The molecule has 0 unspecified atom stereocenters. The highest BCUT2D eigenvalue weighted by atomic mass is 16.5. The summed E-state index contributed by atoms with van der Waals surface area (Å²) in [4.78, 5) is 4.37. The minimum Gasteiger partial charge on any atom is -0.496 e. The third-order valence-electron chi connectivity index (χ3n) is 3.41.